The smallest absolute Gasteiger partial charge is 0.375 e. The maximum atomic E-state index is 13.1. The Balaban J connectivity index is 1.57. The van der Waals surface area contributed by atoms with Crippen molar-refractivity contribution in [1.29, 1.82) is 0 Å². The van der Waals surface area contributed by atoms with Crippen LogP contribution in [0.1, 0.15) is 35.5 Å². The van der Waals surface area contributed by atoms with Gasteiger partial charge < -0.3 is 18.8 Å². The minimum atomic E-state index is -0.945. The molecule has 0 unspecified atom stereocenters. The molecule has 0 bridgehead atoms. The van der Waals surface area contributed by atoms with E-state index in [0.29, 0.717) is 11.1 Å². The predicted molar refractivity (Wildman–Crippen MR) is 109 cm³/mol. The van der Waals surface area contributed by atoms with Crippen molar-refractivity contribution in [3.63, 3.8) is 0 Å². The summed E-state index contributed by atoms with van der Waals surface area (Å²) in [6.07, 6.45) is -0.163. The molecule has 1 aliphatic heterocycles. The monoisotopic (exact) mass is 393 g/mol. The van der Waals surface area contributed by atoms with E-state index in [4.69, 9.17) is 13.9 Å². The number of carbonyl (C=O) groups is 2. The molecule has 1 aliphatic rings. The zero-order valence-electron chi connectivity index (χ0n) is 16.7. The lowest BCUT2D eigenvalue weighted by atomic mass is 10.1. The van der Waals surface area contributed by atoms with Gasteiger partial charge in [0.1, 0.15) is 5.58 Å². The summed E-state index contributed by atoms with van der Waals surface area (Å²) in [6.45, 7) is 3.79. The van der Waals surface area contributed by atoms with Crippen LogP contribution >= 0.6 is 0 Å². The van der Waals surface area contributed by atoms with E-state index < -0.39 is 12.1 Å². The molecule has 2 atom stereocenters. The van der Waals surface area contributed by atoms with Crippen LogP contribution in [0.2, 0.25) is 0 Å². The molecule has 2 aromatic carbocycles. The van der Waals surface area contributed by atoms with Crippen LogP contribution in [0.3, 0.4) is 0 Å². The van der Waals surface area contributed by atoms with Crippen molar-refractivity contribution < 1.29 is 23.5 Å². The highest BCUT2D eigenvalue weighted by molar-refractivity contribution is 6.01. The molecule has 0 fully saturated rings. The summed E-state index contributed by atoms with van der Waals surface area (Å²) in [5.41, 5.74) is 3.18. The molecule has 0 N–H and O–H groups in total. The Hall–Kier alpha value is -3.12. The molecule has 29 heavy (non-hydrogen) atoms. The Morgan fingerprint density at radius 1 is 1.17 bits per heavy atom. The van der Waals surface area contributed by atoms with Crippen LogP contribution in [0.15, 0.2) is 52.9 Å². The van der Waals surface area contributed by atoms with Crippen molar-refractivity contribution in [2.75, 3.05) is 12.0 Å². The summed E-state index contributed by atoms with van der Waals surface area (Å²) < 4.78 is 16.5. The van der Waals surface area contributed by atoms with Gasteiger partial charge in [0.2, 0.25) is 5.76 Å². The van der Waals surface area contributed by atoms with Crippen molar-refractivity contribution in [2.45, 2.75) is 39.0 Å². The number of esters is 1. The topological polar surface area (TPSA) is 69.0 Å². The average Bonchev–Trinajstić information content (AvgIpc) is 3.25. The molecule has 3 aromatic rings. The van der Waals surface area contributed by atoms with Gasteiger partial charge in [-0.05, 0) is 38.0 Å². The van der Waals surface area contributed by atoms with Crippen LogP contribution in [0, 0.1) is 0 Å². The molecule has 1 amide bonds. The number of nitrogens with zero attached hydrogens (tertiary/aromatic N) is 1. The number of furan rings is 1. The first-order valence-electron chi connectivity index (χ1n) is 9.62. The lowest BCUT2D eigenvalue weighted by molar-refractivity contribution is -0.126. The Morgan fingerprint density at radius 3 is 2.69 bits per heavy atom. The number of benzene rings is 2. The Kier molecular flexibility index (Phi) is 5.11. The fourth-order valence-electron chi connectivity index (χ4n) is 3.91. The molecule has 6 nitrogen and oxygen atoms in total. The van der Waals surface area contributed by atoms with E-state index in [2.05, 4.69) is 0 Å². The van der Waals surface area contributed by atoms with E-state index >= 15 is 0 Å². The highest BCUT2D eigenvalue weighted by Crippen LogP contribution is 2.33. The second-order valence-electron chi connectivity index (χ2n) is 7.28. The van der Waals surface area contributed by atoms with Crippen LogP contribution in [0.25, 0.3) is 11.0 Å². The van der Waals surface area contributed by atoms with Crippen molar-refractivity contribution in [3.8, 4) is 0 Å². The first-order valence-corrected chi connectivity index (χ1v) is 9.62. The molecule has 150 valence electrons. The number of carbonyl (C=O) groups excluding carboxylic acids is 2. The number of amides is 1. The minimum absolute atomic E-state index is 0.0105. The van der Waals surface area contributed by atoms with Gasteiger partial charge in [0.05, 0.1) is 6.61 Å². The first kappa shape index (κ1) is 19.2. The summed E-state index contributed by atoms with van der Waals surface area (Å²) in [5.74, 6) is -0.850. The molecular weight excluding hydrogens is 370 g/mol. The predicted octanol–water partition coefficient (Wildman–Crippen LogP) is 4.10. The summed E-state index contributed by atoms with van der Waals surface area (Å²) >= 11 is 0. The molecule has 6 heteroatoms. The van der Waals surface area contributed by atoms with E-state index in [0.717, 1.165) is 23.1 Å². The highest BCUT2D eigenvalue weighted by Gasteiger charge is 2.35. The van der Waals surface area contributed by atoms with Crippen LogP contribution in [0.5, 0.6) is 0 Å². The number of ether oxygens (including phenoxy) is 2. The van der Waals surface area contributed by atoms with Gasteiger partial charge in [0.25, 0.3) is 5.91 Å². The fraction of sp³-hybridized carbons (Fsp3) is 0.304. The Labute approximate surface area is 169 Å². The van der Waals surface area contributed by atoms with Crippen molar-refractivity contribution >= 4 is 28.5 Å². The van der Waals surface area contributed by atoms with Gasteiger partial charge in [-0.2, -0.15) is 0 Å². The zero-order chi connectivity index (χ0) is 20.5. The molecule has 0 saturated carbocycles. The summed E-state index contributed by atoms with van der Waals surface area (Å²) in [4.78, 5) is 27.6. The average molecular weight is 393 g/mol. The molecular formula is C23H23NO5. The van der Waals surface area contributed by atoms with Crippen molar-refractivity contribution in [1.82, 2.24) is 0 Å². The van der Waals surface area contributed by atoms with Gasteiger partial charge in [-0.1, -0.05) is 36.4 Å². The molecule has 0 saturated heterocycles. The van der Waals surface area contributed by atoms with Crippen LogP contribution in [-0.2, 0) is 27.3 Å². The Bertz CT molecular complexity index is 1070. The third-order valence-corrected chi connectivity index (χ3v) is 5.25. The molecule has 0 spiro atoms. The molecule has 1 aromatic heterocycles. The second kappa shape index (κ2) is 7.72. The normalized spacial score (nSPS) is 16.7. The minimum Gasteiger partial charge on any atom is -0.449 e. The maximum absolute atomic E-state index is 13.1. The fourth-order valence-corrected chi connectivity index (χ4v) is 3.91. The lowest BCUT2D eigenvalue weighted by Gasteiger charge is -2.25. The first-order chi connectivity index (χ1) is 14.0. The van der Waals surface area contributed by atoms with E-state index in [-0.39, 0.29) is 24.3 Å². The maximum Gasteiger partial charge on any atom is 0.375 e. The Morgan fingerprint density at radius 2 is 1.90 bits per heavy atom. The van der Waals surface area contributed by atoms with Gasteiger partial charge in [0.15, 0.2) is 6.10 Å². The van der Waals surface area contributed by atoms with E-state index in [1.54, 1.807) is 25.0 Å². The van der Waals surface area contributed by atoms with E-state index in [1.807, 2.05) is 49.4 Å². The number of fused-ring (bicyclic) bond motifs is 2. The molecule has 2 heterocycles. The summed E-state index contributed by atoms with van der Waals surface area (Å²) in [6, 6.07) is 15.1. The van der Waals surface area contributed by atoms with Gasteiger partial charge >= 0.3 is 5.97 Å². The van der Waals surface area contributed by atoms with Crippen molar-refractivity contribution in [2.24, 2.45) is 0 Å². The van der Waals surface area contributed by atoms with Gasteiger partial charge in [-0.3, -0.25) is 4.79 Å². The number of hydrogen-bond acceptors (Lipinski definition) is 5. The van der Waals surface area contributed by atoms with Gasteiger partial charge in [0, 0.05) is 29.8 Å². The quantitative estimate of drug-likeness (QED) is 0.611. The number of para-hydroxylation sites is 2. The SMILES string of the molecule is COCc1c(C(=O)O[C@@H](C)C(=O)N2c3ccccc3C[C@@H]2C)oc2ccccc12. The van der Waals surface area contributed by atoms with Crippen LogP contribution in [0.4, 0.5) is 5.69 Å². The zero-order valence-corrected chi connectivity index (χ0v) is 16.7. The number of rotatable bonds is 5. The largest absolute Gasteiger partial charge is 0.449 e. The number of hydrogen-bond donors (Lipinski definition) is 0. The molecule has 4 rings (SSSR count). The van der Waals surface area contributed by atoms with Crippen LogP contribution in [-0.4, -0.2) is 31.1 Å². The highest BCUT2D eigenvalue weighted by atomic mass is 16.6. The molecule has 0 radical (unpaired) electrons. The standard InChI is InChI=1S/C23H23NO5/c1-14-12-16-8-4-6-10-19(16)24(14)22(25)15(2)28-23(26)21-18(13-27-3)17-9-5-7-11-20(17)29-21/h4-11,14-15H,12-13H2,1-3H3/t14-,15-/m0/s1. The van der Waals surface area contributed by atoms with Gasteiger partial charge in [-0.25, -0.2) is 4.79 Å². The van der Waals surface area contributed by atoms with Crippen molar-refractivity contribution in [3.05, 3.63) is 65.4 Å². The van der Waals surface area contributed by atoms with Gasteiger partial charge in [-0.15, -0.1) is 0 Å². The second-order valence-corrected chi connectivity index (χ2v) is 7.28. The van der Waals surface area contributed by atoms with Crippen LogP contribution < -0.4 is 4.90 Å². The summed E-state index contributed by atoms with van der Waals surface area (Å²) in [7, 11) is 1.55. The third kappa shape index (κ3) is 3.40. The number of anilines is 1. The lowest BCUT2D eigenvalue weighted by Crippen LogP contribution is -2.43. The van der Waals surface area contributed by atoms with E-state index in [9.17, 15) is 9.59 Å². The third-order valence-electron chi connectivity index (χ3n) is 5.25. The summed E-state index contributed by atoms with van der Waals surface area (Å²) in [5, 5.41) is 0.794. The molecule has 0 aliphatic carbocycles. The number of methoxy groups -OCH3 is 1. The van der Waals surface area contributed by atoms with E-state index in [1.165, 1.54) is 0 Å².